The van der Waals surface area contributed by atoms with E-state index in [0.29, 0.717) is 47.0 Å². The van der Waals surface area contributed by atoms with Gasteiger partial charge in [-0.2, -0.15) is 0 Å². The monoisotopic (exact) mass is 443 g/mol. The number of aromatic nitrogens is 2. The first-order valence-electron chi connectivity index (χ1n) is 11.0. The van der Waals surface area contributed by atoms with Crippen molar-refractivity contribution in [1.82, 2.24) is 14.5 Å². The lowest BCUT2D eigenvalue weighted by Gasteiger charge is -2.30. The first-order valence-corrected chi connectivity index (χ1v) is 11.4. The van der Waals surface area contributed by atoms with E-state index < -0.39 is 6.04 Å². The number of carbonyl (C=O) groups excluding carboxylic acids is 1. The highest BCUT2D eigenvalue weighted by molar-refractivity contribution is 6.31. The maximum atomic E-state index is 13.2. The van der Waals surface area contributed by atoms with Crippen LogP contribution >= 0.6 is 11.6 Å². The summed E-state index contributed by atoms with van der Waals surface area (Å²) in [6.45, 7) is 6.75. The molecule has 0 aliphatic heterocycles. The normalized spacial score (nSPS) is 12.3. The molecule has 0 fully saturated rings. The van der Waals surface area contributed by atoms with Gasteiger partial charge in [-0.1, -0.05) is 37.8 Å². The summed E-state index contributed by atoms with van der Waals surface area (Å²) in [4.78, 5) is 32.9. The molecule has 3 rings (SSSR count). The van der Waals surface area contributed by atoms with Gasteiger partial charge in [0.15, 0.2) is 0 Å². The van der Waals surface area contributed by atoms with Crippen LogP contribution in [0.4, 0.5) is 0 Å². The van der Waals surface area contributed by atoms with E-state index in [9.17, 15) is 9.59 Å². The molecule has 1 atom stereocenters. The summed E-state index contributed by atoms with van der Waals surface area (Å²) in [5, 5.41) is 0.977. The molecule has 0 bridgehead atoms. The number of halogens is 1. The minimum absolute atomic E-state index is 0.0353. The molecule has 7 heteroatoms. The van der Waals surface area contributed by atoms with Crippen LogP contribution in [0.25, 0.3) is 10.9 Å². The van der Waals surface area contributed by atoms with Crippen LogP contribution < -0.4 is 5.56 Å². The molecular weight excluding hydrogens is 414 g/mol. The van der Waals surface area contributed by atoms with E-state index in [2.05, 4.69) is 6.92 Å². The second-order valence-corrected chi connectivity index (χ2v) is 8.20. The van der Waals surface area contributed by atoms with Gasteiger partial charge >= 0.3 is 0 Å². The minimum atomic E-state index is -0.392. The Morgan fingerprint density at radius 2 is 2.03 bits per heavy atom. The zero-order valence-electron chi connectivity index (χ0n) is 18.4. The molecule has 1 unspecified atom stereocenters. The lowest BCUT2D eigenvalue weighted by molar-refractivity contribution is -0.134. The molecule has 1 aromatic carbocycles. The van der Waals surface area contributed by atoms with Crippen molar-refractivity contribution >= 4 is 28.4 Å². The van der Waals surface area contributed by atoms with Crippen LogP contribution in [0, 0.1) is 0 Å². The van der Waals surface area contributed by atoms with Crippen molar-refractivity contribution in [2.75, 3.05) is 0 Å². The molecule has 0 N–H and O–H groups in total. The number of furan rings is 1. The van der Waals surface area contributed by atoms with Crippen LogP contribution in [0.1, 0.15) is 70.5 Å². The maximum absolute atomic E-state index is 13.2. The smallest absolute Gasteiger partial charge is 0.261 e. The van der Waals surface area contributed by atoms with E-state index in [1.54, 1.807) is 33.9 Å². The van der Waals surface area contributed by atoms with Gasteiger partial charge in [-0.05, 0) is 50.6 Å². The molecule has 2 heterocycles. The number of hydrogen-bond donors (Lipinski definition) is 0. The Balaban J connectivity index is 1.98. The summed E-state index contributed by atoms with van der Waals surface area (Å²) in [5.74, 6) is 1.30. The van der Waals surface area contributed by atoms with Crippen LogP contribution in [0.15, 0.2) is 45.8 Å². The van der Waals surface area contributed by atoms with Crippen molar-refractivity contribution < 1.29 is 9.21 Å². The molecule has 6 nitrogen and oxygen atoms in total. The Morgan fingerprint density at radius 3 is 2.71 bits per heavy atom. The maximum Gasteiger partial charge on any atom is 0.261 e. The van der Waals surface area contributed by atoms with Crippen molar-refractivity contribution in [2.24, 2.45) is 0 Å². The van der Waals surface area contributed by atoms with Gasteiger partial charge in [-0.25, -0.2) is 4.98 Å². The standard InChI is InChI=1S/C24H30ClN3O3/c1-4-6-7-8-11-22(29)28(16-19-10-9-14-31-19)17(3)23-26-21-13-12-18(25)15-20(21)24(30)27(23)5-2/h9-10,12-15,17H,4-8,11,16H2,1-3H3. The van der Waals surface area contributed by atoms with Crippen LogP contribution in [-0.2, 0) is 17.9 Å². The summed E-state index contributed by atoms with van der Waals surface area (Å²) in [6.07, 6.45) is 6.17. The zero-order chi connectivity index (χ0) is 22.4. The van der Waals surface area contributed by atoms with Gasteiger partial charge in [0.25, 0.3) is 5.56 Å². The van der Waals surface area contributed by atoms with Crippen molar-refractivity contribution in [1.29, 1.82) is 0 Å². The summed E-state index contributed by atoms with van der Waals surface area (Å²) in [5.41, 5.74) is 0.430. The summed E-state index contributed by atoms with van der Waals surface area (Å²) in [7, 11) is 0. The molecule has 0 saturated carbocycles. The van der Waals surface area contributed by atoms with Gasteiger partial charge < -0.3 is 9.32 Å². The number of carbonyl (C=O) groups is 1. The number of rotatable bonds is 10. The molecule has 0 aliphatic rings. The Bertz CT molecular complexity index is 1080. The number of hydrogen-bond acceptors (Lipinski definition) is 4. The van der Waals surface area contributed by atoms with Crippen LogP contribution in [0.5, 0.6) is 0 Å². The van der Waals surface area contributed by atoms with Crippen LogP contribution in [0.2, 0.25) is 5.02 Å². The van der Waals surface area contributed by atoms with Gasteiger partial charge in [0, 0.05) is 18.0 Å². The van der Waals surface area contributed by atoms with Gasteiger partial charge in [-0.15, -0.1) is 0 Å². The first kappa shape index (κ1) is 23.1. The third-order valence-corrected chi connectivity index (χ3v) is 5.81. The highest BCUT2D eigenvalue weighted by Gasteiger charge is 2.26. The molecular formula is C24H30ClN3O3. The fourth-order valence-electron chi connectivity index (χ4n) is 3.83. The Labute approximate surface area is 187 Å². The molecule has 0 aliphatic carbocycles. The molecule has 3 aromatic rings. The van der Waals surface area contributed by atoms with E-state index in [0.717, 1.165) is 25.7 Å². The Hall–Kier alpha value is -2.60. The largest absolute Gasteiger partial charge is 0.467 e. The third-order valence-electron chi connectivity index (χ3n) is 5.57. The Kier molecular flexibility index (Phi) is 7.91. The quantitative estimate of drug-likeness (QED) is 0.375. The molecule has 166 valence electrons. The van der Waals surface area contributed by atoms with E-state index in [4.69, 9.17) is 21.0 Å². The highest BCUT2D eigenvalue weighted by atomic mass is 35.5. The van der Waals surface area contributed by atoms with Gasteiger partial charge in [0.05, 0.1) is 29.8 Å². The molecule has 0 spiro atoms. The first-order chi connectivity index (χ1) is 15.0. The number of benzene rings is 1. The average molecular weight is 444 g/mol. The van der Waals surface area contributed by atoms with Crippen molar-refractivity contribution in [2.45, 2.75) is 72.0 Å². The van der Waals surface area contributed by atoms with Gasteiger partial charge in [0.1, 0.15) is 11.6 Å². The second kappa shape index (κ2) is 10.6. The molecule has 1 amide bonds. The lowest BCUT2D eigenvalue weighted by Crippen LogP contribution is -2.37. The van der Waals surface area contributed by atoms with Gasteiger partial charge in [0.2, 0.25) is 5.91 Å². The van der Waals surface area contributed by atoms with E-state index in [1.807, 2.05) is 26.0 Å². The number of fused-ring (bicyclic) bond motifs is 1. The molecule has 31 heavy (non-hydrogen) atoms. The van der Waals surface area contributed by atoms with Gasteiger partial charge in [-0.3, -0.25) is 14.2 Å². The van der Waals surface area contributed by atoms with Crippen LogP contribution in [0.3, 0.4) is 0 Å². The third kappa shape index (κ3) is 5.37. The molecule has 0 radical (unpaired) electrons. The van der Waals surface area contributed by atoms with Crippen molar-refractivity contribution in [3.63, 3.8) is 0 Å². The minimum Gasteiger partial charge on any atom is -0.467 e. The average Bonchev–Trinajstić information content (AvgIpc) is 3.28. The highest BCUT2D eigenvalue weighted by Crippen LogP contribution is 2.25. The summed E-state index contributed by atoms with van der Waals surface area (Å²) < 4.78 is 7.14. The summed E-state index contributed by atoms with van der Waals surface area (Å²) >= 11 is 6.09. The van der Waals surface area contributed by atoms with E-state index in [-0.39, 0.29) is 11.5 Å². The second-order valence-electron chi connectivity index (χ2n) is 7.77. The predicted octanol–water partition coefficient (Wildman–Crippen LogP) is 5.72. The van der Waals surface area contributed by atoms with E-state index in [1.165, 1.54) is 0 Å². The number of nitrogens with zero attached hydrogens (tertiary/aromatic N) is 3. The number of amides is 1. The predicted molar refractivity (Wildman–Crippen MR) is 123 cm³/mol. The lowest BCUT2D eigenvalue weighted by atomic mass is 10.1. The van der Waals surface area contributed by atoms with E-state index >= 15 is 0 Å². The van der Waals surface area contributed by atoms with Crippen LogP contribution in [-0.4, -0.2) is 20.4 Å². The van der Waals surface area contributed by atoms with Crippen molar-refractivity contribution in [3.8, 4) is 0 Å². The zero-order valence-corrected chi connectivity index (χ0v) is 19.2. The fraction of sp³-hybridized carbons (Fsp3) is 0.458. The fourth-order valence-corrected chi connectivity index (χ4v) is 4.00. The summed E-state index contributed by atoms with van der Waals surface area (Å²) in [6, 6.07) is 8.39. The Morgan fingerprint density at radius 1 is 1.23 bits per heavy atom. The van der Waals surface area contributed by atoms with Crippen molar-refractivity contribution in [3.05, 3.63) is 63.6 Å². The molecule has 2 aromatic heterocycles. The SMILES string of the molecule is CCCCCCC(=O)N(Cc1ccco1)C(C)c1nc2ccc(Cl)cc2c(=O)n1CC. The molecule has 0 saturated heterocycles. The topological polar surface area (TPSA) is 68.3 Å². The number of unbranched alkanes of at least 4 members (excludes halogenated alkanes) is 3.